The summed E-state index contributed by atoms with van der Waals surface area (Å²) >= 11 is 0. The number of amides is 3. The van der Waals surface area contributed by atoms with Crippen molar-refractivity contribution in [2.75, 3.05) is 20.2 Å². The molecule has 282 valence electrons. The zero-order chi connectivity index (χ0) is 38.5. The molecule has 0 spiro atoms. The molecule has 10 heteroatoms. The summed E-state index contributed by atoms with van der Waals surface area (Å²) in [7, 11) is 1.26. The van der Waals surface area contributed by atoms with E-state index in [9.17, 15) is 24.0 Å². The van der Waals surface area contributed by atoms with E-state index >= 15 is 0 Å². The van der Waals surface area contributed by atoms with E-state index in [1.165, 1.54) is 7.11 Å². The van der Waals surface area contributed by atoms with Crippen molar-refractivity contribution in [3.05, 3.63) is 132 Å². The van der Waals surface area contributed by atoms with Crippen LogP contribution in [0.4, 0.5) is 0 Å². The van der Waals surface area contributed by atoms with Gasteiger partial charge in [-0.15, -0.1) is 0 Å². The Bertz CT molecular complexity index is 1850. The summed E-state index contributed by atoms with van der Waals surface area (Å²) in [6, 6.07) is 32.4. The molecule has 0 aromatic heterocycles. The third-order valence-corrected chi connectivity index (χ3v) is 9.82. The third kappa shape index (κ3) is 11.0. The number of esters is 1. The number of nitrogens with one attached hydrogen (secondary N) is 3. The second-order valence-electron chi connectivity index (χ2n) is 14.1. The molecule has 54 heavy (non-hydrogen) atoms. The van der Waals surface area contributed by atoms with Crippen molar-refractivity contribution in [1.29, 1.82) is 0 Å². The number of methoxy groups -OCH3 is 1. The average molecular weight is 731 g/mol. The van der Waals surface area contributed by atoms with Crippen LogP contribution in [0.25, 0.3) is 11.1 Å². The van der Waals surface area contributed by atoms with Gasteiger partial charge in [-0.1, -0.05) is 136 Å². The number of ketones is 1. The van der Waals surface area contributed by atoms with Crippen molar-refractivity contribution in [2.24, 2.45) is 5.92 Å². The molecule has 0 unspecified atom stereocenters. The predicted molar refractivity (Wildman–Crippen MR) is 208 cm³/mol. The van der Waals surface area contributed by atoms with E-state index in [1.54, 1.807) is 13.8 Å². The van der Waals surface area contributed by atoms with Gasteiger partial charge in [0, 0.05) is 18.4 Å². The van der Waals surface area contributed by atoms with Crippen LogP contribution in [0.1, 0.15) is 54.6 Å². The fraction of sp³-hybridized carbons (Fsp3) is 0.341. The molecule has 0 aliphatic carbocycles. The highest BCUT2D eigenvalue weighted by Crippen LogP contribution is 2.22. The Labute approximate surface area is 317 Å². The standard InChI is InChI=1S/C44H50N4O6/c1-30(2)40(43(52)46-37(44(53)54-3)28-32-17-9-5-10-18-32)47-41(50)36(27-31-15-7-4-8-16-31)45-42(51)38-21-13-14-26-48(38)29-39(49)35-24-22-34(23-25-35)33-19-11-6-12-20-33/h4-12,15-20,22-25,30,36-38,40H,13-14,21,26-29H2,1-3H3,(H,45,51)(H,46,52)(H,47,50)/t36-,37-,38-,40-/m0/s1. The largest absolute Gasteiger partial charge is 0.467 e. The summed E-state index contributed by atoms with van der Waals surface area (Å²) in [4.78, 5) is 69.9. The molecule has 0 bridgehead atoms. The van der Waals surface area contributed by atoms with Crippen molar-refractivity contribution in [2.45, 2.75) is 70.1 Å². The minimum absolute atomic E-state index is 0.0677. The zero-order valence-corrected chi connectivity index (χ0v) is 31.2. The van der Waals surface area contributed by atoms with E-state index < -0.39 is 42.0 Å². The van der Waals surface area contributed by atoms with E-state index in [4.69, 9.17) is 4.74 Å². The van der Waals surface area contributed by atoms with Gasteiger partial charge in [0.25, 0.3) is 0 Å². The Morgan fingerprint density at radius 2 is 1.22 bits per heavy atom. The van der Waals surface area contributed by atoms with Crippen LogP contribution in [-0.4, -0.2) is 78.7 Å². The number of carbonyl (C=O) groups is 5. The Morgan fingerprint density at radius 1 is 0.667 bits per heavy atom. The molecule has 5 rings (SSSR count). The first-order valence-corrected chi connectivity index (χ1v) is 18.6. The smallest absolute Gasteiger partial charge is 0.328 e. The van der Waals surface area contributed by atoms with Crippen LogP contribution in [0.5, 0.6) is 0 Å². The molecular formula is C44H50N4O6. The van der Waals surface area contributed by atoms with Crippen molar-refractivity contribution < 1.29 is 28.7 Å². The van der Waals surface area contributed by atoms with Crippen LogP contribution < -0.4 is 16.0 Å². The van der Waals surface area contributed by atoms with Crippen molar-refractivity contribution >= 4 is 29.5 Å². The van der Waals surface area contributed by atoms with Gasteiger partial charge in [0.15, 0.2) is 5.78 Å². The molecular weight excluding hydrogens is 681 g/mol. The molecule has 1 fully saturated rings. The van der Waals surface area contributed by atoms with Gasteiger partial charge >= 0.3 is 5.97 Å². The number of carbonyl (C=O) groups excluding carboxylic acids is 5. The van der Waals surface area contributed by atoms with Crippen LogP contribution in [0.15, 0.2) is 115 Å². The quantitative estimate of drug-likeness (QED) is 0.107. The predicted octanol–water partition coefficient (Wildman–Crippen LogP) is 5.16. The maximum Gasteiger partial charge on any atom is 0.328 e. The van der Waals surface area contributed by atoms with E-state index in [-0.39, 0.29) is 37.0 Å². The lowest BCUT2D eigenvalue weighted by Gasteiger charge is -2.35. The average Bonchev–Trinajstić information content (AvgIpc) is 3.20. The summed E-state index contributed by atoms with van der Waals surface area (Å²) < 4.78 is 4.98. The molecule has 4 aromatic rings. The number of ether oxygens (including phenoxy) is 1. The Hall–Kier alpha value is -5.61. The van der Waals surface area contributed by atoms with Gasteiger partial charge in [0.1, 0.15) is 18.1 Å². The first kappa shape index (κ1) is 39.6. The highest BCUT2D eigenvalue weighted by molar-refractivity contribution is 5.99. The second-order valence-corrected chi connectivity index (χ2v) is 14.1. The second kappa shape index (κ2) is 19.5. The van der Waals surface area contributed by atoms with Gasteiger partial charge in [0.05, 0.1) is 19.7 Å². The summed E-state index contributed by atoms with van der Waals surface area (Å²) in [5.41, 5.74) is 4.30. The van der Waals surface area contributed by atoms with Crippen LogP contribution in [0, 0.1) is 5.92 Å². The first-order valence-electron chi connectivity index (χ1n) is 18.6. The minimum Gasteiger partial charge on any atom is -0.467 e. The minimum atomic E-state index is -1.01. The number of hydrogen-bond acceptors (Lipinski definition) is 7. The van der Waals surface area contributed by atoms with Gasteiger partial charge in [-0.25, -0.2) is 4.79 Å². The molecule has 1 aliphatic heterocycles. The number of piperidine rings is 1. The van der Waals surface area contributed by atoms with Crippen LogP contribution >= 0.6 is 0 Å². The number of Topliss-reactive ketones (excluding diaryl/α,β-unsaturated/α-hetero) is 1. The maximum absolute atomic E-state index is 14.1. The molecule has 0 saturated carbocycles. The summed E-state index contributed by atoms with van der Waals surface area (Å²) in [6.07, 6.45) is 2.59. The molecule has 10 nitrogen and oxygen atoms in total. The van der Waals surface area contributed by atoms with Gasteiger partial charge < -0.3 is 20.7 Å². The van der Waals surface area contributed by atoms with Gasteiger partial charge in [-0.05, 0) is 47.6 Å². The molecule has 3 amide bonds. The normalized spacial score (nSPS) is 16.0. The number of benzene rings is 4. The lowest BCUT2D eigenvalue weighted by molar-refractivity contribution is -0.145. The summed E-state index contributed by atoms with van der Waals surface area (Å²) in [6.45, 7) is 4.23. The van der Waals surface area contributed by atoms with Gasteiger partial charge in [-0.3, -0.25) is 24.1 Å². The third-order valence-electron chi connectivity index (χ3n) is 9.82. The summed E-state index contributed by atoms with van der Waals surface area (Å²) in [5.74, 6) is -2.46. The molecule has 3 N–H and O–H groups in total. The maximum atomic E-state index is 14.1. The van der Waals surface area contributed by atoms with E-state index in [1.807, 2.05) is 120 Å². The molecule has 0 radical (unpaired) electrons. The van der Waals surface area contributed by atoms with Crippen LogP contribution in [0.3, 0.4) is 0 Å². The van der Waals surface area contributed by atoms with Crippen molar-refractivity contribution in [3.8, 4) is 11.1 Å². The Kier molecular flexibility index (Phi) is 14.3. The molecule has 1 heterocycles. The lowest BCUT2D eigenvalue weighted by Crippen LogP contribution is -2.60. The van der Waals surface area contributed by atoms with E-state index in [0.29, 0.717) is 18.5 Å². The Morgan fingerprint density at radius 3 is 1.80 bits per heavy atom. The molecule has 4 atom stereocenters. The van der Waals surface area contributed by atoms with Crippen molar-refractivity contribution in [3.63, 3.8) is 0 Å². The monoisotopic (exact) mass is 730 g/mol. The zero-order valence-electron chi connectivity index (χ0n) is 31.2. The number of rotatable bonds is 16. The molecule has 4 aromatic carbocycles. The number of hydrogen-bond donors (Lipinski definition) is 3. The van der Waals surface area contributed by atoms with Gasteiger partial charge in [0.2, 0.25) is 17.7 Å². The SMILES string of the molecule is COC(=O)[C@H](Cc1ccccc1)NC(=O)[C@@H](NC(=O)[C@H](Cc1ccccc1)NC(=O)[C@@H]1CCCCN1CC(=O)c1ccc(-c2ccccc2)cc1)C(C)C. The van der Waals surface area contributed by atoms with E-state index in [0.717, 1.165) is 35.1 Å². The fourth-order valence-electron chi connectivity index (χ4n) is 6.79. The molecule has 1 aliphatic rings. The highest BCUT2D eigenvalue weighted by atomic mass is 16.5. The van der Waals surface area contributed by atoms with Crippen LogP contribution in [-0.2, 0) is 36.8 Å². The van der Waals surface area contributed by atoms with E-state index in [2.05, 4.69) is 16.0 Å². The Balaban J connectivity index is 1.28. The first-order chi connectivity index (χ1) is 26.1. The lowest BCUT2D eigenvalue weighted by atomic mass is 9.97. The number of likely N-dealkylation sites (tertiary alicyclic amines) is 1. The fourth-order valence-corrected chi connectivity index (χ4v) is 6.79. The topological polar surface area (TPSA) is 134 Å². The van der Waals surface area contributed by atoms with Crippen molar-refractivity contribution in [1.82, 2.24) is 20.9 Å². The summed E-state index contributed by atoms with van der Waals surface area (Å²) in [5, 5.41) is 8.62. The highest BCUT2D eigenvalue weighted by Gasteiger charge is 2.35. The van der Waals surface area contributed by atoms with Crippen LogP contribution in [0.2, 0.25) is 0 Å². The number of nitrogens with zero attached hydrogens (tertiary/aromatic N) is 1. The molecule has 1 saturated heterocycles. The van der Waals surface area contributed by atoms with Gasteiger partial charge in [-0.2, -0.15) is 0 Å².